The maximum atomic E-state index is 12.4. The highest BCUT2D eigenvalue weighted by atomic mass is 32.2. The van der Waals surface area contributed by atoms with E-state index in [9.17, 15) is 4.79 Å². The third kappa shape index (κ3) is 2.07. The van der Waals surface area contributed by atoms with Gasteiger partial charge in [0.25, 0.3) is 0 Å². The third-order valence-electron chi connectivity index (χ3n) is 3.60. The van der Waals surface area contributed by atoms with Crippen LogP contribution in [0.4, 0.5) is 0 Å². The lowest BCUT2D eigenvalue weighted by Gasteiger charge is -2.37. The number of likely N-dealkylation sites (N-methyl/N-ethyl adjacent to an activating group) is 1. The van der Waals surface area contributed by atoms with Gasteiger partial charge >= 0.3 is 0 Å². The van der Waals surface area contributed by atoms with Crippen molar-refractivity contribution < 1.29 is 4.79 Å². The van der Waals surface area contributed by atoms with Gasteiger partial charge in [-0.1, -0.05) is 5.92 Å². The molecule has 92 valence electrons. The summed E-state index contributed by atoms with van der Waals surface area (Å²) in [6.45, 7) is 1.23. The number of terminal acetylenes is 1. The molecule has 0 bridgehead atoms. The number of hydrogen-bond acceptors (Lipinski definition) is 4. The lowest BCUT2D eigenvalue weighted by Crippen LogP contribution is -2.61. The molecule has 2 unspecified atom stereocenters. The van der Waals surface area contributed by atoms with Crippen molar-refractivity contribution in [1.29, 1.82) is 0 Å². The van der Waals surface area contributed by atoms with Crippen LogP contribution in [-0.4, -0.2) is 53.8 Å². The molecule has 0 aromatic rings. The number of aliphatic imine (C=N–C) groups is 1. The van der Waals surface area contributed by atoms with E-state index in [-0.39, 0.29) is 18.5 Å². The molecule has 2 rings (SSSR count). The Labute approximate surface area is 106 Å². The van der Waals surface area contributed by atoms with Crippen LogP contribution in [-0.2, 0) is 4.79 Å². The van der Waals surface area contributed by atoms with Crippen LogP contribution in [0.25, 0.3) is 0 Å². The quantitative estimate of drug-likeness (QED) is 0.736. The van der Waals surface area contributed by atoms with Crippen molar-refractivity contribution in [3.63, 3.8) is 0 Å². The summed E-state index contributed by atoms with van der Waals surface area (Å²) in [6.07, 6.45) is 7.10. The highest BCUT2D eigenvalue weighted by Gasteiger charge is 2.51. The molecule has 17 heavy (non-hydrogen) atoms. The Balaban J connectivity index is 2.21. The number of thioether (sulfide) groups is 1. The molecule has 5 heteroatoms. The Kier molecular flexibility index (Phi) is 3.75. The predicted octanol–water partition coefficient (Wildman–Crippen LogP) is 0.344. The zero-order chi connectivity index (χ0) is 12.3. The first kappa shape index (κ1) is 12.5. The maximum absolute atomic E-state index is 12.4. The number of likely N-dealkylation sites (tertiary alicyclic amines) is 1. The summed E-state index contributed by atoms with van der Waals surface area (Å²) in [5, 5.41) is 2.82. The number of rotatable bonds is 3. The van der Waals surface area contributed by atoms with E-state index in [1.54, 1.807) is 11.8 Å². The molecule has 2 heterocycles. The highest BCUT2D eigenvalue weighted by molar-refractivity contribution is 8.12. The van der Waals surface area contributed by atoms with Crippen LogP contribution in [0, 0.1) is 12.3 Å². The van der Waals surface area contributed by atoms with E-state index in [1.165, 1.54) is 0 Å². The van der Waals surface area contributed by atoms with Gasteiger partial charge in [-0.3, -0.25) is 14.7 Å². The second-order valence-corrected chi connectivity index (χ2v) is 5.32. The Morgan fingerprint density at radius 2 is 2.65 bits per heavy atom. The minimum Gasteiger partial charge on any atom is -0.344 e. The molecule has 0 aromatic heterocycles. The van der Waals surface area contributed by atoms with Gasteiger partial charge in [-0.25, -0.2) is 0 Å². The molecular weight excluding hydrogens is 234 g/mol. The van der Waals surface area contributed by atoms with Crippen molar-refractivity contribution in [3.05, 3.63) is 0 Å². The lowest BCUT2D eigenvalue weighted by molar-refractivity contribution is -0.131. The molecule has 1 fully saturated rings. The van der Waals surface area contributed by atoms with Gasteiger partial charge in [0.05, 0.1) is 18.1 Å². The summed E-state index contributed by atoms with van der Waals surface area (Å²) in [4.78, 5) is 19.0. The van der Waals surface area contributed by atoms with Crippen molar-refractivity contribution in [2.45, 2.75) is 24.4 Å². The van der Waals surface area contributed by atoms with E-state index in [4.69, 9.17) is 6.42 Å². The molecule has 0 aromatic carbocycles. The third-order valence-corrected chi connectivity index (χ3v) is 4.38. The summed E-state index contributed by atoms with van der Waals surface area (Å²) < 4.78 is 0. The van der Waals surface area contributed by atoms with Gasteiger partial charge < -0.3 is 5.32 Å². The van der Waals surface area contributed by atoms with Crippen LogP contribution in [0.15, 0.2) is 4.99 Å². The molecule has 2 aliphatic rings. The number of carbonyl (C=O) groups is 1. The van der Waals surface area contributed by atoms with Crippen molar-refractivity contribution in [2.24, 2.45) is 4.99 Å². The summed E-state index contributed by atoms with van der Waals surface area (Å²) >= 11 is 1.67. The first-order valence-corrected chi connectivity index (χ1v) is 6.83. The fourth-order valence-corrected chi connectivity index (χ4v) is 3.54. The van der Waals surface area contributed by atoms with E-state index >= 15 is 0 Å². The van der Waals surface area contributed by atoms with E-state index in [0.29, 0.717) is 0 Å². The van der Waals surface area contributed by atoms with Crippen LogP contribution in [0.3, 0.4) is 0 Å². The van der Waals surface area contributed by atoms with Gasteiger partial charge in [-0.15, -0.1) is 18.2 Å². The summed E-state index contributed by atoms with van der Waals surface area (Å²) in [5.41, 5.74) is 1.36. The van der Waals surface area contributed by atoms with Crippen LogP contribution >= 0.6 is 11.8 Å². The Bertz CT molecular complexity index is 376. The van der Waals surface area contributed by atoms with Crippen molar-refractivity contribution in [2.75, 3.05) is 25.9 Å². The first-order valence-electron chi connectivity index (χ1n) is 5.78. The van der Waals surface area contributed by atoms with Crippen molar-refractivity contribution in [1.82, 2.24) is 10.2 Å². The molecule has 1 N–H and O–H groups in total. The van der Waals surface area contributed by atoms with Crippen LogP contribution in [0.2, 0.25) is 0 Å². The highest BCUT2D eigenvalue weighted by Crippen LogP contribution is 2.36. The summed E-state index contributed by atoms with van der Waals surface area (Å²) in [5.74, 6) is 3.36. The van der Waals surface area contributed by atoms with Crippen LogP contribution in [0.1, 0.15) is 12.8 Å². The SMILES string of the molecule is C#CCNC(=O)C1(C2CSC=N2)CCCN1C. The average Bonchev–Trinajstić information content (AvgIpc) is 2.95. The lowest BCUT2D eigenvalue weighted by atomic mass is 9.87. The molecule has 2 aliphatic heterocycles. The fraction of sp³-hybridized carbons (Fsp3) is 0.667. The largest absolute Gasteiger partial charge is 0.344 e. The van der Waals surface area contributed by atoms with Crippen molar-refractivity contribution >= 4 is 23.2 Å². The smallest absolute Gasteiger partial charge is 0.243 e. The zero-order valence-corrected chi connectivity index (χ0v) is 10.8. The standard InChI is InChI=1S/C12H17N3OS/c1-3-6-13-11(16)12(5-4-7-15(12)2)10-8-17-9-14-10/h1,9-10H,4-8H2,2H3,(H,13,16). The molecule has 4 nitrogen and oxygen atoms in total. The van der Waals surface area contributed by atoms with E-state index < -0.39 is 5.54 Å². The Hall–Kier alpha value is -0.990. The minimum atomic E-state index is -0.489. The molecule has 0 saturated carbocycles. The number of nitrogens with zero attached hydrogens (tertiary/aromatic N) is 2. The number of carbonyl (C=O) groups excluding carboxylic acids is 1. The van der Waals surface area contributed by atoms with Gasteiger partial charge in [0.1, 0.15) is 5.54 Å². The molecule has 2 atom stereocenters. The van der Waals surface area contributed by atoms with Crippen LogP contribution < -0.4 is 5.32 Å². The topological polar surface area (TPSA) is 44.7 Å². The first-order chi connectivity index (χ1) is 8.21. The van der Waals surface area contributed by atoms with E-state index in [0.717, 1.165) is 25.1 Å². The average molecular weight is 251 g/mol. The van der Waals surface area contributed by atoms with E-state index in [2.05, 4.69) is 21.1 Å². The van der Waals surface area contributed by atoms with Gasteiger partial charge in [-0.2, -0.15) is 0 Å². The maximum Gasteiger partial charge on any atom is 0.243 e. The summed E-state index contributed by atoms with van der Waals surface area (Å²) in [6, 6.07) is 0.0535. The molecule has 1 saturated heterocycles. The Morgan fingerprint density at radius 1 is 1.82 bits per heavy atom. The Morgan fingerprint density at radius 3 is 3.18 bits per heavy atom. The van der Waals surface area contributed by atoms with Crippen molar-refractivity contribution in [3.8, 4) is 12.3 Å². The molecule has 0 spiro atoms. The molecule has 0 radical (unpaired) electrons. The number of nitrogens with one attached hydrogen (secondary N) is 1. The number of amides is 1. The van der Waals surface area contributed by atoms with Gasteiger partial charge in [0, 0.05) is 5.75 Å². The normalized spacial score (nSPS) is 32.6. The zero-order valence-electron chi connectivity index (χ0n) is 9.98. The van der Waals surface area contributed by atoms with Gasteiger partial charge in [-0.05, 0) is 26.4 Å². The monoisotopic (exact) mass is 251 g/mol. The molecular formula is C12H17N3OS. The number of hydrogen-bond donors (Lipinski definition) is 1. The predicted molar refractivity (Wildman–Crippen MR) is 71.2 cm³/mol. The molecule has 1 amide bonds. The second-order valence-electron chi connectivity index (χ2n) is 4.44. The minimum absolute atomic E-state index is 0.0279. The van der Waals surface area contributed by atoms with Crippen LogP contribution in [0.5, 0.6) is 0 Å². The fourth-order valence-electron chi connectivity index (χ4n) is 2.67. The van der Waals surface area contributed by atoms with E-state index in [1.807, 2.05) is 12.6 Å². The summed E-state index contributed by atoms with van der Waals surface area (Å²) in [7, 11) is 2.00. The second kappa shape index (κ2) is 5.11. The molecule has 0 aliphatic carbocycles. The van der Waals surface area contributed by atoms with Gasteiger partial charge in [0.15, 0.2) is 0 Å². The van der Waals surface area contributed by atoms with Gasteiger partial charge in [0.2, 0.25) is 5.91 Å².